The first-order valence-corrected chi connectivity index (χ1v) is 8.06. The summed E-state index contributed by atoms with van der Waals surface area (Å²) >= 11 is 13.8. The molecule has 0 atom stereocenters. The van der Waals surface area contributed by atoms with Gasteiger partial charge in [0.1, 0.15) is 0 Å². The van der Waals surface area contributed by atoms with Gasteiger partial charge in [0.05, 0.1) is 0 Å². The lowest BCUT2D eigenvalue weighted by Crippen LogP contribution is -1.95. The Bertz CT molecular complexity index is 570. The number of halogens is 4. The van der Waals surface area contributed by atoms with Crippen molar-refractivity contribution in [2.24, 2.45) is 0 Å². The van der Waals surface area contributed by atoms with Gasteiger partial charge in [0, 0.05) is 40.4 Å². The van der Waals surface area contributed by atoms with E-state index in [1.54, 1.807) is 0 Å². The molecule has 0 aromatic heterocycles. The standard InChI is InChI=1S/C12H8Br4N2/c13-7-1-5(11(17)3-9(7)15)6-2-8(14)10(16)4-12(6)18/h1-4H,17-18H2. The molecule has 2 aromatic carbocycles. The molecule has 0 heterocycles. The van der Waals surface area contributed by atoms with E-state index in [-0.39, 0.29) is 0 Å². The smallest absolute Gasteiger partial charge is 0.0406 e. The fraction of sp³-hybridized carbons (Fsp3) is 0. The quantitative estimate of drug-likeness (QED) is 0.504. The SMILES string of the molecule is Nc1cc(Br)c(Br)cc1-c1cc(Br)c(Br)cc1N. The van der Waals surface area contributed by atoms with E-state index in [1.165, 1.54) is 0 Å². The van der Waals surface area contributed by atoms with Gasteiger partial charge in [0.25, 0.3) is 0 Å². The highest BCUT2D eigenvalue weighted by Crippen LogP contribution is 2.39. The number of nitrogens with two attached hydrogens (primary N) is 2. The van der Waals surface area contributed by atoms with E-state index in [2.05, 4.69) is 63.7 Å². The maximum absolute atomic E-state index is 6.05. The Kier molecular flexibility index (Phi) is 4.41. The summed E-state index contributed by atoms with van der Waals surface area (Å²) in [5.41, 5.74) is 15.2. The first-order valence-electron chi connectivity index (χ1n) is 4.89. The van der Waals surface area contributed by atoms with Crippen LogP contribution in [0.4, 0.5) is 11.4 Å². The van der Waals surface area contributed by atoms with Crippen molar-refractivity contribution < 1.29 is 0 Å². The highest BCUT2D eigenvalue weighted by molar-refractivity contribution is 9.13. The Balaban J connectivity index is 2.69. The van der Waals surface area contributed by atoms with Crippen LogP contribution < -0.4 is 11.5 Å². The van der Waals surface area contributed by atoms with Crippen LogP contribution >= 0.6 is 63.7 Å². The average Bonchev–Trinajstić information content (AvgIpc) is 2.29. The Labute approximate surface area is 139 Å². The van der Waals surface area contributed by atoms with Gasteiger partial charge in [-0.3, -0.25) is 0 Å². The predicted octanol–water partition coefficient (Wildman–Crippen LogP) is 5.57. The second kappa shape index (κ2) is 5.53. The molecule has 0 amide bonds. The van der Waals surface area contributed by atoms with Gasteiger partial charge in [-0.15, -0.1) is 0 Å². The summed E-state index contributed by atoms with van der Waals surface area (Å²) in [6.07, 6.45) is 0. The van der Waals surface area contributed by atoms with Gasteiger partial charge in [-0.05, 0) is 88.0 Å². The van der Waals surface area contributed by atoms with Crippen LogP contribution in [0.5, 0.6) is 0 Å². The molecule has 0 aliphatic rings. The van der Waals surface area contributed by atoms with Crippen molar-refractivity contribution in [1.82, 2.24) is 0 Å². The van der Waals surface area contributed by atoms with E-state index < -0.39 is 0 Å². The fourth-order valence-electron chi connectivity index (χ4n) is 1.59. The minimum absolute atomic E-state index is 0.672. The van der Waals surface area contributed by atoms with Crippen molar-refractivity contribution in [3.05, 3.63) is 42.2 Å². The van der Waals surface area contributed by atoms with Gasteiger partial charge < -0.3 is 11.5 Å². The minimum Gasteiger partial charge on any atom is -0.398 e. The first-order chi connectivity index (χ1) is 8.40. The van der Waals surface area contributed by atoms with E-state index in [9.17, 15) is 0 Å². The van der Waals surface area contributed by atoms with Crippen LogP contribution in [0.1, 0.15) is 0 Å². The second-order valence-electron chi connectivity index (χ2n) is 3.71. The highest BCUT2D eigenvalue weighted by atomic mass is 79.9. The minimum atomic E-state index is 0.672. The molecule has 2 rings (SSSR count). The van der Waals surface area contributed by atoms with Crippen LogP contribution in [-0.4, -0.2) is 0 Å². The van der Waals surface area contributed by atoms with E-state index in [4.69, 9.17) is 11.5 Å². The molecule has 0 fully saturated rings. The van der Waals surface area contributed by atoms with Crippen molar-refractivity contribution in [3.8, 4) is 11.1 Å². The predicted molar refractivity (Wildman–Crippen MR) is 91.5 cm³/mol. The number of hydrogen-bond donors (Lipinski definition) is 2. The number of hydrogen-bond acceptors (Lipinski definition) is 2. The Morgan fingerprint density at radius 3 is 1.17 bits per heavy atom. The molecule has 0 aliphatic heterocycles. The van der Waals surface area contributed by atoms with Gasteiger partial charge in [0.15, 0.2) is 0 Å². The summed E-state index contributed by atoms with van der Waals surface area (Å²) in [6.45, 7) is 0. The largest absolute Gasteiger partial charge is 0.398 e. The molecular formula is C12H8Br4N2. The van der Waals surface area contributed by atoms with E-state index in [1.807, 2.05) is 24.3 Å². The van der Waals surface area contributed by atoms with Crippen molar-refractivity contribution in [2.75, 3.05) is 11.5 Å². The molecule has 0 unspecified atom stereocenters. The first kappa shape index (κ1) is 14.4. The Morgan fingerprint density at radius 1 is 0.556 bits per heavy atom. The lowest BCUT2D eigenvalue weighted by Gasteiger charge is -2.12. The van der Waals surface area contributed by atoms with E-state index >= 15 is 0 Å². The fourth-order valence-corrected chi connectivity index (χ4v) is 3.00. The Hall–Kier alpha value is -0.0400. The number of nitrogen functional groups attached to an aromatic ring is 2. The monoisotopic (exact) mass is 496 g/mol. The summed E-state index contributed by atoms with van der Waals surface area (Å²) < 4.78 is 3.70. The number of rotatable bonds is 1. The molecular weight excluding hydrogens is 492 g/mol. The maximum atomic E-state index is 6.05. The van der Waals surface area contributed by atoms with Crippen molar-refractivity contribution in [3.63, 3.8) is 0 Å². The summed E-state index contributed by atoms with van der Waals surface area (Å²) in [5.74, 6) is 0. The van der Waals surface area contributed by atoms with Gasteiger partial charge >= 0.3 is 0 Å². The molecule has 94 valence electrons. The third-order valence-corrected chi connectivity index (χ3v) is 6.16. The second-order valence-corrected chi connectivity index (χ2v) is 7.12. The normalized spacial score (nSPS) is 10.7. The Morgan fingerprint density at radius 2 is 0.833 bits per heavy atom. The van der Waals surface area contributed by atoms with Gasteiger partial charge in [0.2, 0.25) is 0 Å². The molecule has 2 aromatic rings. The van der Waals surface area contributed by atoms with Crippen molar-refractivity contribution >= 4 is 75.1 Å². The summed E-state index contributed by atoms with van der Waals surface area (Å²) in [4.78, 5) is 0. The van der Waals surface area contributed by atoms with E-state index in [0.29, 0.717) is 11.4 Å². The highest BCUT2D eigenvalue weighted by Gasteiger charge is 2.11. The van der Waals surface area contributed by atoms with E-state index in [0.717, 1.165) is 29.0 Å². The molecule has 0 spiro atoms. The topological polar surface area (TPSA) is 52.0 Å². The molecule has 18 heavy (non-hydrogen) atoms. The van der Waals surface area contributed by atoms with Crippen LogP contribution in [0.25, 0.3) is 11.1 Å². The third kappa shape index (κ3) is 2.76. The molecule has 2 nitrogen and oxygen atoms in total. The average molecular weight is 500 g/mol. The maximum Gasteiger partial charge on any atom is 0.0406 e. The molecule has 0 saturated carbocycles. The molecule has 0 saturated heterocycles. The summed E-state index contributed by atoms with van der Waals surface area (Å²) in [7, 11) is 0. The van der Waals surface area contributed by atoms with Crippen LogP contribution in [0.3, 0.4) is 0 Å². The number of anilines is 2. The van der Waals surface area contributed by atoms with Crippen LogP contribution in [0.15, 0.2) is 42.2 Å². The zero-order valence-electron chi connectivity index (χ0n) is 8.98. The zero-order valence-corrected chi connectivity index (χ0v) is 15.3. The zero-order chi connectivity index (χ0) is 13.4. The lowest BCUT2D eigenvalue weighted by atomic mass is 10.0. The number of benzene rings is 2. The molecule has 0 radical (unpaired) electrons. The van der Waals surface area contributed by atoms with Gasteiger partial charge in [-0.2, -0.15) is 0 Å². The third-order valence-electron chi connectivity index (χ3n) is 2.48. The van der Waals surface area contributed by atoms with Crippen LogP contribution in [0, 0.1) is 0 Å². The van der Waals surface area contributed by atoms with Gasteiger partial charge in [-0.25, -0.2) is 0 Å². The van der Waals surface area contributed by atoms with Gasteiger partial charge in [-0.1, -0.05) is 0 Å². The van der Waals surface area contributed by atoms with Crippen LogP contribution in [0.2, 0.25) is 0 Å². The molecule has 0 bridgehead atoms. The lowest BCUT2D eigenvalue weighted by molar-refractivity contribution is 1.52. The summed E-state index contributed by atoms with van der Waals surface area (Å²) in [6, 6.07) is 7.61. The van der Waals surface area contributed by atoms with Crippen molar-refractivity contribution in [2.45, 2.75) is 0 Å². The molecule has 4 N–H and O–H groups in total. The van der Waals surface area contributed by atoms with Crippen LogP contribution in [-0.2, 0) is 0 Å². The molecule has 6 heteroatoms. The van der Waals surface area contributed by atoms with Crippen molar-refractivity contribution in [1.29, 1.82) is 0 Å². The summed E-state index contributed by atoms with van der Waals surface area (Å²) in [5, 5.41) is 0. The molecule has 0 aliphatic carbocycles.